The zero-order valence-electron chi connectivity index (χ0n) is 23.6. The van der Waals surface area contributed by atoms with Crippen LogP contribution in [0.5, 0.6) is 0 Å². The Kier molecular flexibility index (Phi) is 5.58. The quantitative estimate of drug-likeness (QED) is 0.200. The first-order valence-electron chi connectivity index (χ1n) is 14.6. The lowest BCUT2D eigenvalue weighted by atomic mass is 10.0. The van der Waals surface area contributed by atoms with E-state index in [1.54, 1.807) is 0 Å². The number of hydrogen-bond acceptors (Lipinski definition) is 1. The first-order chi connectivity index (χ1) is 20.9. The van der Waals surface area contributed by atoms with Gasteiger partial charge in [-0.1, -0.05) is 111 Å². The highest BCUT2D eigenvalue weighted by Crippen LogP contribution is 2.42. The second-order valence-electron chi connectivity index (χ2n) is 10.5. The topological polar surface area (TPSA) is 22.2 Å². The molecule has 0 atom stereocenters. The molecule has 0 spiro atoms. The van der Waals surface area contributed by atoms with E-state index in [4.69, 9.17) is 4.98 Å². The molecule has 0 saturated carbocycles. The third-order valence-electron chi connectivity index (χ3n) is 8.33. The fraction of sp³-hybridized carbons (Fsp3) is 0.0513. The molecule has 0 N–H and O–H groups in total. The minimum atomic E-state index is 1.06. The Hall–Kier alpha value is -5.41. The van der Waals surface area contributed by atoms with Crippen LogP contribution >= 0.6 is 0 Å². The van der Waals surface area contributed by atoms with E-state index in [1.165, 1.54) is 59.9 Å². The second-order valence-corrected chi connectivity index (χ2v) is 10.5. The zero-order valence-corrected chi connectivity index (χ0v) is 23.6. The maximum absolute atomic E-state index is 4.73. The van der Waals surface area contributed by atoms with Crippen molar-refractivity contribution >= 4 is 59.9 Å². The molecular weight excluding hydrogens is 510 g/mol. The highest BCUT2D eigenvalue weighted by atomic mass is 15.0. The van der Waals surface area contributed by atoms with Gasteiger partial charge in [0.15, 0.2) is 0 Å². The molecule has 42 heavy (non-hydrogen) atoms. The fourth-order valence-electron chi connectivity index (χ4n) is 6.64. The average Bonchev–Trinajstić information content (AvgIpc) is 3.63. The predicted octanol–water partition coefficient (Wildman–Crippen LogP) is 10.6. The van der Waals surface area contributed by atoms with Gasteiger partial charge in [-0.2, -0.15) is 0 Å². The van der Waals surface area contributed by atoms with Crippen molar-refractivity contribution in [1.82, 2.24) is 14.0 Å². The van der Waals surface area contributed by atoms with Gasteiger partial charge in [0, 0.05) is 38.7 Å². The molecule has 0 unspecified atom stereocenters. The molecule has 0 aliphatic rings. The number of rotatable bonds is 2. The van der Waals surface area contributed by atoms with Crippen molar-refractivity contribution in [2.75, 3.05) is 0 Å². The molecule has 0 saturated heterocycles. The Labute approximate surface area is 243 Å². The highest BCUT2D eigenvalue weighted by Gasteiger charge is 2.20. The monoisotopic (exact) mass is 539 g/mol. The van der Waals surface area contributed by atoms with E-state index in [2.05, 4.69) is 136 Å². The van der Waals surface area contributed by atoms with Crippen LogP contribution < -0.4 is 0 Å². The summed E-state index contributed by atoms with van der Waals surface area (Å²) in [6.45, 7) is 4.00. The van der Waals surface area contributed by atoms with E-state index in [1.807, 2.05) is 26.2 Å². The number of para-hydroxylation sites is 2. The number of benzene rings is 5. The van der Waals surface area contributed by atoms with E-state index in [0.29, 0.717) is 0 Å². The Morgan fingerprint density at radius 2 is 1.14 bits per heavy atom. The van der Waals surface area contributed by atoms with E-state index < -0.39 is 0 Å². The van der Waals surface area contributed by atoms with E-state index >= 15 is 0 Å². The largest absolute Gasteiger partial charge is 0.309 e. The van der Waals surface area contributed by atoms with Crippen LogP contribution in [0, 0.1) is 0 Å². The number of nitrogens with zero attached hydrogens (tertiary/aromatic N) is 3. The lowest BCUT2D eigenvalue weighted by Gasteiger charge is -2.15. The van der Waals surface area contributed by atoms with Crippen LogP contribution in [0.15, 0.2) is 140 Å². The summed E-state index contributed by atoms with van der Waals surface area (Å²) in [7, 11) is 0. The molecule has 4 aromatic heterocycles. The van der Waals surface area contributed by atoms with Gasteiger partial charge in [0.1, 0.15) is 0 Å². The summed E-state index contributed by atoms with van der Waals surface area (Å²) in [5.74, 6) is 0. The minimum absolute atomic E-state index is 1.06. The van der Waals surface area contributed by atoms with Gasteiger partial charge in [0.05, 0.1) is 39.5 Å². The maximum Gasteiger partial charge on any atom is 0.0651 e. The van der Waals surface area contributed by atoms with Gasteiger partial charge in [0.25, 0.3) is 0 Å². The van der Waals surface area contributed by atoms with Crippen LogP contribution in [0.3, 0.4) is 0 Å². The third kappa shape index (κ3) is 3.44. The predicted molar refractivity (Wildman–Crippen MR) is 179 cm³/mol. The number of hydrogen-bond donors (Lipinski definition) is 0. The van der Waals surface area contributed by atoms with Crippen LogP contribution in [0.4, 0.5) is 0 Å². The average molecular weight is 540 g/mol. The van der Waals surface area contributed by atoms with Crippen molar-refractivity contribution in [3.8, 4) is 16.8 Å². The lowest BCUT2D eigenvalue weighted by molar-refractivity contribution is 1.15. The van der Waals surface area contributed by atoms with Gasteiger partial charge in [-0.25, -0.2) is 0 Å². The van der Waals surface area contributed by atoms with Crippen LogP contribution in [-0.2, 0) is 0 Å². The van der Waals surface area contributed by atoms with Crippen molar-refractivity contribution in [1.29, 1.82) is 0 Å². The molecule has 0 aliphatic carbocycles. The molecule has 4 heterocycles. The van der Waals surface area contributed by atoms with Gasteiger partial charge in [-0.15, -0.1) is 0 Å². The molecule has 9 aromatic rings. The standard InChI is InChI=1S/C37H23N3.C2H6/c1-2-10-24(11-3-1)26-20-27(23-38-22-26)39-33-17-9-7-14-29(33)31-18-19-34-36(37(31)39)30-15-6-5-13-28(30)35-21-25-12-4-8-16-32(25)40(34)35;1-2/h1-23H;1-2H3. The van der Waals surface area contributed by atoms with Gasteiger partial charge in [0.2, 0.25) is 0 Å². The summed E-state index contributed by atoms with van der Waals surface area (Å²) in [6, 6.07) is 45.9. The number of fused-ring (bicyclic) bond motifs is 12. The van der Waals surface area contributed by atoms with E-state index in [-0.39, 0.29) is 0 Å². The molecule has 9 rings (SSSR count). The molecule has 5 aromatic carbocycles. The van der Waals surface area contributed by atoms with Crippen molar-refractivity contribution in [3.05, 3.63) is 140 Å². The molecule has 0 amide bonds. The summed E-state index contributed by atoms with van der Waals surface area (Å²) < 4.78 is 4.85. The third-order valence-corrected chi connectivity index (χ3v) is 8.33. The summed E-state index contributed by atoms with van der Waals surface area (Å²) in [4.78, 5) is 4.73. The lowest BCUT2D eigenvalue weighted by Crippen LogP contribution is -1.98. The second kappa shape index (κ2) is 9.60. The highest BCUT2D eigenvalue weighted by molar-refractivity contribution is 6.27. The van der Waals surface area contributed by atoms with Gasteiger partial charge in [-0.05, 0) is 41.3 Å². The summed E-state index contributed by atoms with van der Waals surface area (Å²) in [5, 5.41) is 7.50. The SMILES string of the molecule is CC.c1ccc(-c2cncc(-n3c4ccccc4c4ccc5c(c6ccccc6c6cc7ccccc7n65)c43)c2)cc1. The minimum Gasteiger partial charge on any atom is -0.309 e. The van der Waals surface area contributed by atoms with Crippen molar-refractivity contribution in [2.45, 2.75) is 13.8 Å². The van der Waals surface area contributed by atoms with Crippen LogP contribution in [0.1, 0.15) is 13.8 Å². The Balaban J connectivity index is 0.00000131. The van der Waals surface area contributed by atoms with Crippen molar-refractivity contribution in [2.24, 2.45) is 0 Å². The first kappa shape index (κ1) is 24.4. The van der Waals surface area contributed by atoms with E-state index in [9.17, 15) is 0 Å². The molecule has 0 fully saturated rings. The van der Waals surface area contributed by atoms with Crippen molar-refractivity contribution < 1.29 is 0 Å². The summed E-state index contributed by atoms with van der Waals surface area (Å²) in [5.41, 5.74) is 9.38. The molecule has 3 nitrogen and oxygen atoms in total. The molecule has 200 valence electrons. The van der Waals surface area contributed by atoms with Crippen molar-refractivity contribution in [3.63, 3.8) is 0 Å². The number of pyridine rings is 2. The number of aromatic nitrogens is 3. The van der Waals surface area contributed by atoms with Gasteiger partial charge < -0.3 is 8.97 Å². The van der Waals surface area contributed by atoms with Crippen LogP contribution in [0.25, 0.3) is 76.7 Å². The van der Waals surface area contributed by atoms with Gasteiger partial charge >= 0.3 is 0 Å². The Morgan fingerprint density at radius 1 is 0.476 bits per heavy atom. The molecule has 3 heteroatoms. The molecule has 0 radical (unpaired) electrons. The molecular formula is C39H29N3. The smallest absolute Gasteiger partial charge is 0.0651 e. The summed E-state index contributed by atoms with van der Waals surface area (Å²) in [6.07, 6.45) is 3.94. The first-order valence-corrected chi connectivity index (χ1v) is 14.6. The van der Waals surface area contributed by atoms with Crippen LogP contribution in [-0.4, -0.2) is 14.0 Å². The maximum atomic E-state index is 4.73. The zero-order chi connectivity index (χ0) is 28.2. The normalized spacial score (nSPS) is 11.6. The Morgan fingerprint density at radius 3 is 1.95 bits per heavy atom. The Bertz CT molecular complexity index is 2430. The van der Waals surface area contributed by atoms with Crippen LogP contribution in [0.2, 0.25) is 0 Å². The summed E-state index contributed by atoms with van der Waals surface area (Å²) >= 11 is 0. The van der Waals surface area contributed by atoms with E-state index in [0.717, 1.165) is 16.8 Å². The fourth-order valence-corrected chi connectivity index (χ4v) is 6.64. The molecule has 0 bridgehead atoms. The van der Waals surface area contributed by atoms with Gasteiger partial charge in [-0.3, -0.25) is 4.98 Å². The molecule has 0 aliphatic heterocycles.